The molecule has 0 unspecified atom stereocenters. The van der Waals surface area contributed by atoms with Crippen LogP contribution in [0.15, 0.2) is 200 Å². The second kappa shape index (κ2) is 12.3. The fourth-order valence-corrected chi connectivity index (χ4v) is 7.26. The van der Waals surface area contributed by atoms with Crippen LogP contribution >= 0.6 is 0 Å². The predicted molar refractivity (Wildman–Crippen MR) is 210 cm³/mol. The van der Waals surface area contributed by atoms with Gasteiger partial charge in [-0.1, -0.05) is 158 Å². The molecule has 9 aromatic carbocycles. The minimum atomic E-state index is 1.11. The molecule has 0 amide bonds. The van der Waals surface area contributed by atoms with Crippen LogP contribution in [0.4, 0.5) is 17.1 Å². The molecule has 1 nitrogen and oxygen atoms in total. The van der Waals surface area contributed by atoms with Gasteiger partial charge in [0.15, 0.2) is 0 Å². The normalized spacial score (nSPS) is 11.3. The lowest BCUT2D eigenvalue weighted by Gasteiger charge is -2.26. The van der Waals surface area contributed by atoms with Gasteiger partial charge < -0.3 is 4.90 Å². The Morgan fingerprint density at radius 2 is 0.755 bits per heavy atom. The molecule has 230 valence electrons. The molecule has 0 aliphatic rings. The molecular weight excluding hydrogens is 591 g/mol. The van der Waals surface area contributed by atoms with Crippen molar-refractivity contribution in [3.63, 3.8) is 0 Å². The minimum Gasteiger partial charge on any atom is -0.310 e. The van der Waals surface area contributed by atoms with E-state index >= 15 is 0 Å². The summed E-state index contributed by atoms with van der Waals surface area (Å²) in [5.41, 5.74) is 10.6. The average Bonchev–Trinajstić information content (AvgIpc) is 3.18. The smallest absolute Gasteiger partial charge is 0.0467 e. The molecule has 0 aliphatic carbocycles. The van der Waals surface area contributed by atoms with Crippen molar-refractivity contribution in [2.24, 2.45) is 0 Å². The summed E-state index contributed by atoms with van der Waals surface area (Å²) in [5.74, 6) is 0. The first-order valence-electron chi connectivity index (χ1n) is 16.8. The van der Waals surface area contributed by atoms with Crippen molar-refractivity contribution in [2.75, 3.05) is 4.90 Å². The summed E-state index contributed by atoms with van der Waals surface area (Å²) < 4.78 is 0. The largest absolute Gasteiger partial charge is 0.310 e. The predicted octanol–water partition coefficient (Wildman–Crippen LogP) is 13.6. The Balaban J connectivity index is 1.18. The molecule has 0 aliphatic heterocycles. The summed E-state index contributed by atoms with van der Waals surface area (Å²) >= 11 is 0. The van der Waals surface area contributed by atoms with Crippen molar-refractivity contribution in [3.8, 4) is 33.4 Å². The minimum absolute atomic E-state index is 1.11. The molecule has 9 rings (SSSR count). The van der Waals surface area contributed by atoms with E-state index in [0.29, 0.717) is 0 Å². The summed E-state index contributed by atoms with van der Waals surface area (Å²) in [6.07, 6.45) is 0. The van der Waals surface area contributed by atoms with Gasteiger partial charge in [0.1, 0.15) is 0 Å². The third-order valence-corrected chi connectivity index (χ3v) is 9.61. The van der Waals surface area contributed by atoms with Crippen molar-refractivity contribution in [1.82, 2.24) is 0 Å². The lowest BCUT2D eigenvalue weighted by Crippen LogP contribution is -2.10. The summed E-state index contributed by atoms with van der Waals surface area (Å²) in [6, 6.07) is 72.4. The van der Waals surface area contributed by atoms with Crippen molar-refractivity contribution in [1.29, 1.82) is 0 Å². The van der Waals surface area contributed by atoms with Crippen molar-refractivity contribution in [2.45, 2.75) is 0 Å². The third-order valence-electron chi connectivity index (χ3n) is 9.61. The summed E-state index contributed by atoms with van der Waals surface area (Å²) in [4.78, 5) is 2.37. The average molecular weight is 624 g/mol. The first kappa shape index (κ1) is 28.8. The fraction of sp³-hybridized carbons (Fsp3) is 0. The Kier molecular flexibility index (Phi) is 7.22. The molecule has 0 fully saturated rings. The zero-order valence-corrected chi connectivity index (χ0v) is 27.0. The van der Waals surface area contributed by atoms with E-state index in [0.717, 1.165) is 17.1 Å². The highest BCUT2D eigenvalue weighted by Gasteiger charge is 2.16. The molecule has 49 heavy (non-hydrogen) atoms. The zero-order chi connectivity index (χ0) is 32.6. The van der Waals surface area contributed by atoms with Crippen LogP contribution < -0.4 is 4.90 Å². The molecule has 0 spiro atoms. The maximum Gasteiger partial charge on any atom is 0.0467 e. The second-order valence-electron chi connectivity index (χ2n) is 12.6. The van der Waals surface area contributed by atoms with Crippen LogP contribution in [0, 0.1) is 0 Å². The van der Waals surface area contributed by atoms with Gasteiger partial charge >= 0.3 is 0 Å². The summed E-state index contributed by atoms with van der Waals surface area (Å²) in [7, 11) is 0. The quantitative estimate of drug-likeness (QED) is 0.167. The van der Waals surface area contributed by atoms with E-state index in [1.807, 2.05) is 0 Å². The first-order valence-corrected chi connectivity index (χ1v) is 16.8. The number of fused-ring (bicyclic) bond motifs is 5. The van der Waals surface area contributed by atoms with Gasteiger partial charge in [0, 0.05) is 17.1 Å². The standard InChI is InChI=1S/C48H33N/c1-3-13-34(14-4-1)35-25-27-36(28-26-35)38-17-11-21-42(31-38)49(41-19-5-2-6-20-41)43-22-12-18-39(32-43)47-33-40-16-8-10-24-45(40)48-44-23-9-7-15-37(44)29-30-46(47)48/h1-33H. The van der Waals surface area contributed by atoms with E-state index in [-0.39, 0.29) is 0 Å². The van der Waals surface area contributed by atoms with Crippen LogP contribution in [-0.2, 0) is 0 Å². The van der Waals surface area contributed by atoms with Crippen molar-refractivity contribution in [3.05, 3.63) is 200 Å². The number of rotatable bonds is 6. The van der Waals surface area contributed by atoms with Gasteiger partial charge in [0.2, 0.25) is 0 Å². The number of hydrogen-bond acceptors (Lipinski definition) is 1. The molecule has 0 aromatic heterocycles. The number of hydrogen-bond donors (Lipinski definition) is 0. The van der Waals surface area contributed by atoms with E-state index in [4.69, 9.17) is 0 Å². The van der Waals surface area contributed by atoms with Crippen molar-refractivity contribution < 1.29 is 0 Å². The highest BCUT2D eigenvalue weighted by Crippen LogP contribution is 2.42. The van der Waals surface area contributed by atoms with Gasteiger partial charge in [-0.3, -0.25) is 0 Å². The Bertz CT molecular complexity index is 2570. The van der Waals surface area contributed by atoms with Crippen LogP contribution in [0.2, 0.25) is 0 Å². The monoisotopic (exact) mass is 623 g/mol. The molecule has 0 bridgehead atoms. The Morgan fingerprint density at radius 1 is 0.265 bits per heavy atom. The second-order valence-corrected chi connectivity index (χ2v) is 12.6. The molecule has 0 atom stereocenters. The Hall–Kier alpha value is -6.44. The Labute approximate surface area is 287 Å². The highest BCUT2D eigenvalue weighted by atomic mass is 15.1. The molecule has 0 radical (unpaired) electrons. The van der Waals surface area contributed by atoms with E-state index in [9.17, 15) is 0 Å². The molecular formula is C48H33N. The molecule has 0 saturated heterocycles. The number of benzene rings is 9. The van der Waals surface area contributed by atoms with Crippen molar-refractivity contribution >= 4 is 49.4 Å². The molecule has 1 heteroatoms. The van der Waals surface area contributed by atoms with Gasteiger partial charge in [-0.15, -0.1) is 0 Å². The molecule has 0 saturated carbocycles. The number of anilines is 3. The lowest BCUT2D eigenvalue weighted by molar-refractivity contribution is 1.28. The Morgan fingerprint density at radius 3 is 1.47 bits per heavy atom. The van der Waals surface area contributed by atoms with E-state index in [1.54, 1.807) is 0 Å². The zero-order valence-electron chi connectivity index (χ0n) is 27.0. The summed E-state index contributed by atoms with van der Waals surface area (Å²) in [6.45, 7) is 0. The number of nitrogens with zero attached hydrogens (tertiary/aromatic N) is 1. The maximum absolute atomic E-state index is 2.37. The number of para-hydroxylation sites is 1. The fourth-order valence-electron chi connectivity index (χ4n) is 7.26. The molecule has 0 heterocycles. The van der Waals surface area contributed by atoms with Crippen LogP contribution in [-0.4, -0.2) is 0 Å². The van der Waals surface area contributed by atoms with Gasteiger partial charge in [0.25, 0.3) is 0 Å². The van der Waals surface area contributed by atoms with E-state index in [2.05, 4.69) is 205 Å². The third kappa shape index (κ3) is 5.32. The van der Waals surface area contributed by atoms with Gasteiger partial charge in [-0.05, 0) is 108 Å². The van der Waals surface area contributed by atoms with Gasteiger partial charge in [-0.2, -0.15) is 0 Å². The maximum atomic E-state index is 2.37. The van der Waals surface area contributed by atoms with Crippen LogP contribution in [0.1, 0.15) is 0 Å². The molecule has 9 aromatic rings. The summed E-state index contributed by atoms with van der Waals surface area (Å²) in [5, 5.41) is 7.65. The molecule has 0 N–H and O–H groups in total. The van der Waals surface area contributed by atoms with Crippen LogP contribution in [0.5, 0.6) is 0 Å². The highest BCUT2D eigenvalue weighted by molar-refractivity contribution is 6.24. The first-order chi connectivity index (χ1) is 24.3. The SMILES string of the molecule is c1ccc(-c2ccc(-c3cccc(N(c4ccccc4)c4cccc(-c5cc6ccccc6c6c5ccc5ccccc56)c4)c3)cc2)cc1. The van der Waals surface area contributed by atoms with Crippen LogP contribution in [0.25, 0.3) is 65.7 Å². The van der Waals surface area contributed by atoms with Gasteiger partial charge in [0.05, 0.1) is 0 Å². The lowest BCUT2D eigenvalue weighted by atomic mass is 9.90. The topological polar surface area (TPSA) is 3.24 Å². The van der Waals surface area contributed by atoms with E-state index < -0.39 is 0 Å². The van der Waals surface area contributed by atoms with Gasteiger partial charge in [-0.25, -0.2) is 0 Å². The van der Waals surface area contributed by atoms with Crippen LogP contribution in [0.3, 0.4) is 0 Å². The van der Waals surface area contributed by atoms with E-state index in [1.165, 1.54) is 65.7 Å².